The van der Waals surface area contributed by atoms with E-state index < -0.39 is 11.6 Å². The fraction of sp³-hybridized carbons (Fsp3) is 0.167. The quantitative estimate of drug-likeness (QED) is 0.786. The maximum atomic E-state index is 12.7. The molecule has 4 rings (SSSR count). The van der Waals surface area contributed by atoms with Gasteiger partial charge in [-0.25, -0.2) is 4.68 Å². The van der Waals surface area contributed by atoms with E-state index in [0.717, 1.165) is 11.3 Å². The van der Waals surface area contributed by atoms with Gasteiger partial charge >= 0.3 is 0 Å². The largest absolute Gasteiger partial charge is 0.497 e. The molecule has 0 radical (unpaired) electrons. The third-order valence-electron chi connectivity index (χ3n) is 4.45. The first-order valence-electron chi connectivity index (χ1n) is 7.73. The van der Waals surface area contributed by atoms with E-state index in [1.165, 1.54) is 9.58 Å². The Kier molecular flexibility index (Phi) is 3.33. The highest BCUT2D eigenvalue weighted by Crippen LogP contribution is 2.40. The van der Waals surface area contributed by atoms with Gasteiger partial charge in [0.2, 0.25) is 0 Å². The first-order valence-corrected chi connectivity index (χ1v) is 7.73. The lowest BCUT2D eigenvalue weighted by Crippen LogP contribution is -2.44. The van der Waals surface area contributed by atoms with E-state index in [2.05, 4.69) is 10.3 Å². The molecule has 0 saturated heterocycles. The number of carbonyl (C=O) groups is 1. The van der Waals surface area contributed by atoms with Gasteiger partial charge in [0.15, 0.2) is 0 Å². The molecule has 1 N–H and O–H groups in total. The monoisotopic (exact) mass is 336 g/mol. The van der Waals surface area contributed by atoms with Crippen molar-refractivity contribution in [1.29, 1.82) is 0 Å². The van der Waals surface area contributed by atoms with E-state index in [-0.39, 0.29) is 0 Å². The van der Waals surface area contributed by atoms with Crippen LogP contribution < -0.4 is 9.64 Å². The van der Waals surface area contributed by atoms with Crippen LogP contribution in [0.2, 0.25) is 0 Å². The molecule has 2 heterocycles. The lowest BCUT2D eigenvalue weighted by molar-refractivity contribution is -0.140. The summed E-state index contributed by atoms with van der Waals surface area (Å²) in [6, 6.07) is 14.4. The molecule has 0 fully saturated rings. The molecular weight excluding hydrogens is 320 g/mol. The zero-order chi connectivity index (χ0) is 17.6. The van der Waals surface area contributed by atoms with Crippen LogP contribution in [0.1, 0.15) is 5.56 Å². The molecule has 0 aliphatic carbocycles. The Labute approximate surface area is 144 Å². The molecule has 1 aliphatic rings. The summed E-state index contributed by atoms with van der Waals surface area (Å²) in [6.07, 6.45) is 1.57. The van der Waals surface area contributed by atoms with Crippen molar-refractivity contribution in [3.05, 3.63) is 60.3 Å². The number of benzene rings is 2. The molecule has 126 valence electrons. The lowest BCUT2D eigenvalue weighted by atomic mass is 10.0. The second kappa shape index (κ2) is 5.42. The van der Waals surface area contributed by atoms with E-state index in [1.54, 1.807) is 38.6 Å². The van der Waals surface area contributed by atoms with Gasteiger partial charge in [-0.15, -0.1) is 5.10 Å². The predicted octanol–water partition coefficient (Wildman–Crippen LogP) is 1.62. The van der Waals surface area contributed by atoms with Gasteiger partial charge in [-0.05, 0) is 30.3 Å². The minimum atomic E-state index is -1.90. The maximum absolute atomic E-state index is 12.7. The van der Waals surface area contributed by atoms with Gasteiger partial charge in [0.1, 0.15) is 11.4 Å². The smallest absolute Gasteiger partial charge is 0.287 e. The van der Waals surface area contributed by atoms with Crippen LogP contribution in [-0.4, -0.2) is 40.2 Å². The number of likely N-dealkylation sites (N-methyl/N-ethyl adjacent to an activating group) is 1. The first-order chi connectivity index (χ1) is 12.1. The van der Waals surface area contributed by atoms with Gasteiger partial charge in [-0.3, -0.25) is 4.79 Å². The molecule has 0 saturated carbocycles. The highest BCUT2D eigenvalue weighted by Gasteiger charge is 2.51. The van der Waals surface area contributed by atoms with Crippen LogP contribution in [-0.2, 0) is 10.5 Å². The Morgan fingerprint density at radius 1 is 1.12 bits per heavy atom. The summed E-state index contributed by atoms with van der Waals surface area (Å²) in [5, 5.41) is 19.3. The number of anilines is 1. The zero-order valence-electron chi connectivity index (χ0n) is 13.7. The fourth-order valence-corrected chi connectivity index (χ4v) is 3.06. The zero-order valence-corrected chi connectivity index (χ0v) is 13.7. The van der Waals surface area contributed by atoms with Gasteiger partial charge in [-0.1, -0.05) is 23.4 Å². The predicted molar refractivity (Wildman–Crippen MR) is 91.2 cm³/mol. The summed E-state index contributed by atoms with van der Waals surface area (Å²) < 4.78 is 6.35. The van der Waals surface area contributed by atoms with Crippen molar-refractivity contribution in [3.8, 4) is 17.0 Å². The summed E-state index contributed by atoms with van der Waals surface area (Å²) in [6.45, 7) is 0. The summed E-state index contributed by atoms with van der Waals surface area (Å²) in [5.41, 5.74) is 0.590. The average Bonchev–Trinajstić information content (AvgIpc) is 3.23. The number of para-hydroxylation sites is 1. The fourth-order valence-electron chi connectivity index (χ4n) is 3.06. The molecule has 1 atom stereocenters. The molecule has 0 spiro atoms. The first kappa shape index (κ1) is 15.3. The second-order valence-electron chi connectivity index (χ2n) is 5.83. The van der Waals surface area contributed by atoms with E-state index in [0.29, 0.717) is 16.9 Å². The van der Waals surface area contributed by atoms with Gasteiger partial charge in [0, 0.05) is 18.2 Å². The number of aromatic nitrogens is 3. The maximum Gasteiger partial charge on any atom is 0.287 e. The van der Waals surface area contributed by atoms with Crippen LogP contribution in [0.3, 0.4) is 0 Å². The molecule has 0 bridgehead atoms. The van der Waals surface area contributed by atoms with Crippen molar-refractivity contribution >= 4 is 11.6 Å². The molecular formula is C18H16N4O3. The highest BCUT2D eigenvalue weighted by atomic mass is 16.5. The topological polar surface area (TPSA) is 80.5 Å². The molecule has 7 heteroatoms. The van der Waals surface area contributed by atoms with Crippen molar-refractivity contribution in [2.45, 2.75) is 5.72 Å². The Hall–Kier alpha value is -3.19. The number of hydrogen-bond acceptors (Lipinski definition) is 5. The number of carbonyl (C=O) groups excluding carboxylic acids is 1. The molecule has 7 nitrogen and oxygen atoms in total. The van der Waals surface area contributed by atoms with Crippen LogP contribution in [0.15, 0.2) is 54.7 Å². The third-order valence-corrected chi connectivity index (χ3v) is 4.45. The van der Waals surface area contributed by atoms with Gasteiger partial charge in [0.05, 0.1) is 19.0 Å². The lowest BCUT2D eigenvalue weighted by Gasteiger charge is -2.21. The van der Waals surface area contributed by atoms with Crippen LogP contribution in [0.5, 0.6) is 5.75 Å². The SMILES string of the molecule is COc1ccc(-c2cn(C3(O)C(=O)N(C)c4ccccc43)nn2)cc1. The molecule has 3 aromatic rings. The Morgan fingerprint density at radius 3 is 2.56 bits per heavy atom. The van der Waals surface area contributed by atoms with Gasteiger partial charge in [-0.2, -0.15) is 0 Å². The number of amides is 1. The number of rotatable bonds is 3. The molecule has 25 heavy (non-hydrogen) atoms. The number of ether oxygens (including phenoxy) is 1. The average molecular weight is 336 g/mol. The van der Waals surface area contributed by atoms with Crippen LogP contribution in [0, 0.1) is 0 Å². The normalized spacial score (nSPS) is 19.2. The van der Waals surface area contributed by atoms with E-state index in [1.807, 2.05) is 30.3 Å². The minimum absolute atomic E-state index is 0.472. The molecule has 1 amide bonds. The molecule has 1 aromatic heterocycles. The van der Waals surface area contributed by atoms with Crippen LogP contribution >= 0.6 is 0 Å². The van der Waals surface area contributed by atoms with Crippen molar-refractivity contribution < 1.29 is 14.6 Å². The van der Waals surface area contributed by atoms with Crippen molar-refractivity contribution in [2.75, 3.05) is 19.1 Å². The highest BCUT2D eigenvalue weighted by molar-refractivity contribution is 6.06. The Balaban J connectivity index is 1.78. The summed E-state index contributed by atoms with van der Waals surface area (Å²) >= 11 is 0. The number of hydrogen-bond donors (Lipinski definition) is 1. The standard InChI is InChI=1S/C18H16N4O3/c1-21-16-6-4-3-5-14(16)18(24,17(21)23)22-11-15(19-20-22)12-7-9-13(25-2)10-8-12/h3-11,24H,1-2H3. The second-order valence-corrected chi connectivity index (χ2v) is 5.83. The van der Waals surface area contributed by atoms with Crippen LogP contribution in [0.25, 0.3) is 11.3 Å². The van der Waals surface area contributed by atoms with Crippen LogP contribution in [0.4, 0.5) is 5.69 Å². The molecule has 1 aliphatic heterocycles. The molecule has 1 unspecified atom stereocenters. The minimum Gasteiger partial charge on any atom is -0.497 e. The third kappa shape index (κ3) is 2.13. The summed E-state index contributed by atoms with van der Waals surface area (Å²) in [5.74, 6) is 0.260. The van der Waals surface area contributed by atoms with E-state index >= 15 is 0 Å². The summed E-state index contributed by atoms with van der Waals surface area (Å²) in [4.78, 5) is 14.1. The Bertz CT molecular complexity index is 951. The number of fused-ring (bicyclic) bond motifs is 1. The Morgan fingerprint density at radius 2 is 1.84 bits per heavy atom. The van der Waals surface area contributed by atoms with Gasteiger partial charge in [0.25, 0.3) is 11.6 Å². The number of nitrogens with zero attached hydrogens (tertiary/aromatic N) is 4. The van der Waals surface area contributed by atoms with Crippen molar-refractivity contribution in [1.82, 2.24) is 15.0 Å². The van der Waals surface area contributed by atoms with Gasteiger partial charge < -0.3 is 14.7 Å². The summed E-state index contributed by atoms with van der Waals surface area (Å²) in [7, 11) is 3.22. The van der Waals surface area contributed by atoms with Crippen molar-refractivity contribution in [3.63, 3.8) is 0 Å². The number of aliphatic hydroxyl groups is 1. The number of methoxy groups -OCH3 is 1. The van der Waals surface area contributed by atoms with Crippen molar-refractivity contribution in [2.24, 2.45) is 0 Å². The van der Waals surface area contributed by atoms with E-state index in [4.69, 9.17) is 4.74 Å². The van der Waals surface area contributed by atoms with E-state index in [9.17, 15) is 9.90 Å². The molecule has 2 aromatic carbocycles.